The van der Waals surface area contributed by atoms with Crippen molar-refractivity contribution in [1.82, 2.24) is 0 Å². The standard InChI is InChI=1S/C78H148O17P2/c1-5-9-13-17-21-25-28-31-34-35-36-37-39-42-45-49-53-57-61-65-78(83)95-74(69-89-76(81)63-59-55-51-47-43-41-38-32-29-26-22-18-14-10-6-2)71-93-97(86,87)91-67-72(79)66-90-96(84,85)92-70-73(68-88-75(80)62-58-54-50-46-24-20-16-12-8-4)94-77(82)64-60-56-52-48-44-40-33-30-27-23-19-15-11-7-3/h26,29,32,38,72-74,79H,5-25,27-28,30-31,33-37,39-71H2,1-4H3,(H,84,85)(H,86,87)/b29-26-,38-32-/t72-,73+,74+/m0/s1. The summed E-state index contributed by atoms with van der Waals surface area (Å²) in [5.74, 6) is -2.14. The Balaban J connectivity index is 5.25. The number of unbranched alkanes of at least 4 members (excludes halogenated alkanes) is 48. The van der Waals surface area contributed by atoms with Crippen LogP contribution >= 0.6 is 15.6 Å². The van der Waals surface area contributed by atoms with Gasteiger partial charge >= 0.3 is 39.5 Å². The lowest BCUT2D eigenvalue weighted by molar-refractivity contribution is -0.161. The number of allylic oxidation sites excluding steroid dienone is 4. The number of carbonyl (C=O) groups is 4. The molecule has 3 N–H and O–H groups in total. The van der Waals surface area contributed by atoms with Crippen molar-refractivity contribution in [2.24, 2.45) is 0 Å². The first-order chi connectivity index (χ1) is 47.2. The van der Waals surface area contributed by atoms with Crippen molar-refractivity contribution < 1.29 is 80.2 Å². The molecule has 0 fully saturated rings. The van der Waals surface area contributed by atoms with E-state index in [1.54, 1.807) is 0 Å². The summed E-state index contributed by atoms with van der Waals surface area (Å²) in [4.78, 5) is 72.8. The van der Waals surface area contributed by atoms with Crippen LogP contribution in [0.15, 0.2) is 24.3 Å². The molecule has 0 aromatic carbocycles. The Morgan fingerprint density at radius 1 is 0.289 bits per heavy atom. The number of carbonyl (C=O) groups excluding carboxylic acids is 4. The molecule has 0 amide bonds. The van der Waals surface area contributed by atoms with Crippen LogP contribution in [0, 0.1) is 0 Å². The molecule has 19 heteroatoms. The molecule has 0 heterocycles. The number of hydrogen-bond acceptors (Lipinski definition) is 15. The summed E-state index contributed by atoms with van der Waals surface area (Å²) in [6.45, 7) is 4.92. The Labute approximate surface area is 592 Å². The van der Waals surface area contributed by atoms with Crippen LogP contribution in [0.3, 0.4) is 0 Å². The highest BCUT2D eigenvalue weighted by Crippen LogP contribution is 2.45. The smallest absolute Gasteiger partial charge is 0.462 e. The van der Waals surface area contributed by atoms with E-state index in [0.29, 0.717) is 25.7 Å². The Bertz CT molecular complexity index is 1940. The van der Waals surface area contributed by atoms with Crippen molar-refractivity contribution in [3.8, 4) is 0 Å². The Hall–Kier alpha value is -2.46. The van der Waals surface area contributed by atoms with Crippen LogP contribution in [0.5, 0.6) is 0 Å². The number of ether oxygens (including phenoxy) is 4. The third kappa shape index (κ3) is 71.7. The first-order valence-electron chi connectivity index (χ1n) is 40.1. The average molecular weight is 1420 g/mol. The van der Waals surface area contributed by atoms with Gasteiger partial charge in [0.2, 0.25) is 0 Å². The predicted molar refractivity (Wildman–Crippen MR) is 395 cm³/mol. The van der Waals surface area contributed by atoms with Crippen molar-refractivity contribution in [3.05, 3.63) is 24.3 Å². The summed E-state index contributed by atoms with van der Waals surface area (Å²) >= 11 is 0. The number of phosphoric ester groups is 2. The van der Waals surface area contributed by atoms with Gasteiger partial charge in [-0.1, -0.05) is 341 Å². The number of phosphoric acid groups is 2. The van der Waals surface area contributed by atoms with E-state index in [1.807, 2.05) is 0 Å². The van der Waals surface area contributed by atoms with Crippen LogP contribution in [-0.4, -0.2) is 96.7 Å². The third-order valence-electron chi connectivity index (χ3n) is 17.7. The zero-order valence-electron chi connectivity index (χ0n) is 62.5. The van der Waals surface area contributed by atoms with Crippen molar-refractivity contribution in [2.75, 3.05) is 39.6 Å². The van der Waals surface area contributed by atoms with Crippen LogP contribution in [0.4, 0.5) is 0 Å². The van der Waals surface area contributed by atoms with Gasteiger partial charge in [0.1, 0.15) is 19.3 Å². The predicted octanol–water partition coefficient (Wildman–Crippen LogP) is 23.0. The Morgan fingerprint density at radius 2 is 0.495 bits per heavy atom. The molecule has 0 aromatic rings. The average Bonchev–Trinajstić information content (AvgIpc) is 2.95. The maximum atomic E-state index is 13.1. The second-order valence-corrected chi connectivity index (χ2v) is 30.3. The molecule has 572 valence electrons. The van der Waals surface area contributed by atoms with E-state index < -0.39 is 97.5 Å². The molecule has 0 saturated heterocycles. The molecule has 97 heavy (non-hydrogen) atoms. The van der Waals surface area contributed by atoms with Crippen molar-refractivity contribution in [3.63, 3.8) is 0 Å². The van der Waals surface area contributed by atoms with Gasteiger partial charge in [-0.2, -0.15) is 0 Å². The minimum atomic E-state index is -4.96. The van der Waals surface area contributed by atoms with Crippen LogP contribution in [0.2, 0.25) is 0 Å². The number of esters is 4. The van der Waals surface area contributed by atoms with Crippen LogP contribution < -0.4 is 0 Å². The minimum Gasteiger partial charge on any atom is -0.462 e. The fraction of sp³-hybridized carbons (Fsp3) is 0.897. The highest BCUT2D eigenvalue weighted by molar-refractivity contribution is 7.47. The molecule has 0 rings (SSSR count). The molecular weight excluding hydrogens is 1270 g/mol. The lowest BCUT2D eigenvalue weighted by Gasteiger charge is -2.21. The zero-order chi connectivity index (χ0) is 71.1. The summed E-state index contributed by atoms with van der Waals surface area (Å²) < 4.78 is 68.5. The first-order valence-corrected chi connectivity index (χ1v) is 43.1. The lowest BCUT2D eigenvalue weighted by Crippen LogP contribution is -2.30. The molecule has 0 aliphatic carbocycles. The maximum Gasteiger partial charge on any atom is 0.472 e. The van der Waals surface area contributed by atoms with Gasteiger partial charge in [-0.15, -0.1) is 0 Å². The SMILES string of the molecule is CCCCCC/C=C\C=C/CCCCCCCC(=O)OC[C@H](COP(=O)(O)OC[C@@H](O)COP(=O)(O)OC[C@@H](COC(=O)CCCCCCCCCCC)OC(=O)CCCCCCCCCCCCCCCC)OC(=O)CCCCCCCCCCCCCCCCCCCCC. The van der Waals surface area contributed by atoms with E-state index in [4.69, 9.17) is 37.0 Å². The van der Waals surface area contributed by atoms with E-state index in [9.17, 15) is 43.2 Å². The molecule has 0 radical (unpaired) electrons. The van der Waals surface area contributed by atoms with Crippen LogP contribution in [0.1, 0.15) is 394 Å². The monoisotopic (exact) mass is 1420 g/mol. The molecule has 0 aliphatic heterocycles. The maximum absolute atomic E-state index is 13.1. The Morgan fingerprint density at radius 3 is 0.753 bits per heavy atom. The van der Waals surface area contributed by atoms with Gasteiger partial charge in [-0.05, 0) is 51.4 Å². The summed E-state index contributed by atoms with van der Waals surface area (Å²) in [6, 6.07) is 0. The van der Waals surface area contributed by atoms with Gasteiger partial charge < -0.3 is 33.8 Å². The van der Waals surface area contributed by atoms with E-state index >= 15 is 0 Å². The quantitative estimate of drug-likeness (QED) is 0.0169. The molecule has 5 atom stereocenters. The first kappa shape index (κ1) is 94.5. The van der Waals surface area contributed by atoms with Gasteiger partial charge in [-0.25, -0.2) is 9.13 Å². The van der Waals surface area contributed by atoms with Gasteiger partial charge in [0.05, 0.1) is 26.4 Å². The van der Waals surface area contributed by atoms with Gasteiger partial charge in [0.25, 0.3) is 0 Å². The number of rotatable bonds is 77. The number of hydrogen-bond donors (Lipinski definition) is 3. The van der Waals surface area contributed by atoms with Gasteiger partial charge in [-0.3, -0.25) is 37.3 Å². The normalized spacial score (nSPS) is 14.0. The largest absolute Gasteiger partial charge is 0.472 e. The molecule has 0 aliphatic rings. The molecule has 2 unspecified atom stereocenters. The number of aliphatic hydroxyl groups excluding tert-OH is 1. The van der Waals surface area contributed by atoms with Crippen LogP contribution in [0.25, 0.3) is 0 Å². The molecule has 0 bridgehead atoms. The second-order valence-electron chi connectivity index (χ2n) is 27.4. The molecule has 0 aromatic heterocycles. The highest BCUT2D eigenvalue weighted by atomic mass is 31.2. The van der Waals surface area contributed by atoms with E-state index in [-0.39, 0.29) is 25.7 Å². The van der Waals surface area contributed by atoms with E-state index in [0.717, 1.165) is 109 Å². The van der Waals surface area contributed by atoms with Gasteiger partial charge in [0, 0.05) is 25.7 Å². The van der Waals surface area contributed by atoms with E-state index in [1.165, 1.54) is 205 Å². The fourth-order valence-corrected chi connectivity index (χ4v) is 13.1. The summed E-state index contributed by atoms with van der Waals surface area (Å²) in [5, 5.41) is 10.6. The fourth-order valence-electron chi connectivity index (χ4n) is 11.6. The van der Waals surface area contributed by atoms with Crippen molar-refractivity contribution in [2.45, 2.75) is 412 Å². The second kappa shape index (κ2) is 71.9. The van der Waals surface area contributed by atoms with Crippen LogP contribution in [-0.2, 0) is 65.4 Å². The third-order valence-corrected chi connectivity index (χ3v) is 19.6. The molecular formula is C78H148O17P2. The van der Waals surface area contributed by atoms with E-state index in [2.05, 4.69) is 52.0 Å². The zero-order valence-corrected chi connectivity index (χ0v) is 64.3. The van der Waals surface area contributed by atoms with Crippen molar-refractivity contribution in [1.29, 1.82) is 0 Å². The molecule has 0 saturated carbocycles. The molecule has 17 nitrogen and oxygen atoms in total. The summed E-state index contributed by atoms with van der Waals surface area (Å²) in [6.07, 6.45) is 66.0. The molecule has 0 spiro atoms. The summed E-state index contributed by atoms with van der Waals surface area (Å²) in [7, 11) is -9.92. The van der Waals surface area contributed by atoms with Crippen molar-refractivity contribution >= 4 is 39.5 Å². The highest BCUT2D eigenvalue weighted by Gasteiger charge is 2.30. The topological polar surface area (TPSA) is 237 Å². The lowest BCUT2D eigenvalue weighted by atomic mass is 10.0. The summed E-state index contributed by atoms with van der Waals surface area (Å²) in [5.41, 5.74) is 0. The number of aliphatic hydroxyl groups is 1. The van der Waals surface area contributed by atoms with Gasteiger partial charge in [0.15, 0.2) is 12.2 Å². The Kier molecular flexibility index (Phi) is 70.1. The minimum absolute atomic E-state index is 0.102.